The van der Waals surface area contributed by atoms with Crippen molar-refractivity contribution in [3.63, 3.8) is 0 Å². The highest BCUT2D eigenvalue weighted by Gasteiger charge is 2.26. The zero-order chi connectivity index (χ0) is 22.9. The zero-order valence-corrected chi connectivity index (χ0v) is 20.3. The number of nitrogens with one attached hydrogen (secondary N) is 2. The molecule has 2 atom stereocenters. The molecule has 2 aromatic carbocycles. The van der Waals surface area contributed by atoms with E-state index in [0.29, 0.717) is 25.2 Å². The maximum absolute atomic E-state index is 12.3. The molecule has 3 rings (SSSR count). The summed E-state index contributed by atoms with van der Waals surface area (Å²) in [7, 11) is 3.31. The van der Waals surface area contributed by atoms with Gasteiger partial charge in [0.15, 0.2) is 0 Å². The van der Waals surface area contributed by atoms with Gasteiger partial charge in [0.2, 0.25) is 11.8 Å². The summed E-state index contributed by atoms with van der Waals surface area (Å²) in [6.07, 6.45) is 3.75. The Labute approximate surface area is 198 Å². The second kappa shape index (κ2) is 12.2. The van der Waals surface area contributed by atoms with Crippen molar-refractivity contribution < 1.29 is 9.59 Å². The molecule has 0 bridgehead atoms. The van der Waals surface area contributed by atoms with Crippen molar-refractivity contribution >= 4 is 44.8 Å². The molecule has 0 aromatic heterocycles. The van der Waals surface area contributed by atoms with E-state index in [1.54, 1.807) is 21.6 Å². The van der Waals surface area contributed by atoms with Crippen molar-refractivity contribution in [2.75, 3.05) is 24.1 Å². The number of anilines is 2. The van der Waals surface area contributed by atoms with Gasteiger partial charge in [-0.25, -0.2) is 0 Å². The summed E-state index contributed by atoms with van der Waals surface area (Å²) in [5.41, 5.74) is 7.21. The quantitative estimate of drug-likeness (QED) is 0.360. The smallest absolute Gasteiger partial charge is 0.234 e. The molecule has 2 amide bonds. The minimum atomic E-state index is -0.110. The van der Waals surface area contributed by atoms with Crippen LogP contribution in [-0.4, -0.2) is 41.9 Å². The van der Waals surface area contributed by atoms with Crippen LogP contribution in [0.15, 0.2) is 58.3 Å². The van der Waals surface area contributed by atoms with Crippen molar-refractivity contribution in [1.82, 2.24) is 10.2 Å². The Morgan fingerprint density at radius 1 is 0.938 bits per heavy atom. The third kappa shape index (κ3) is 7.76. The average Bonchev–Trinajstić information content (AvgIpc) is 2.77. The molecule has 1 saturated heterocycles. The van der Waals surface area contributed by atoms with Crippen LogP contribution < -0.4 is 16.4 Å². The molecule has 1 aliphatic rings. The van der Waals surface area contributed by atoms with Gasteiger partial charge in [0.25, 0.3) is 0 Å². The first-order valence-electron chi connectivity index (χ1n) is 11.0. The molecule has 0 aliphatic carbocycles. The van der Waals surface area contributed by atoms with Gasteiger partial charge >= 0.3 is 0 Å². The number of carbonyl (C=O) groups excluding carboxylic acids is 2. The minimum absolute atomic E-state index is 0.0154. The van der Waals surface area contributed by atoms with Gasteiger partial charge in [-0.1, -0.05) is 28.0 Å². The number of likely N-dealkylation sites (tertiary alicyclic amines) is 1. The van der Waals surface area contributed by atoms with Crippen LogP contribution in [0.3, 0.4) is 0 Å². The highest BCUT2D eigenvalue weighted by Crippen LogP contribution is 2.37. The van der Waals surface area contributed by atoms with Gasteiger partial charge in [0.05, 0.1) is 6.54 Å². The maximum atomic E-state index is 12.3. The van der Waals surface area contributed by atoms with Crippen molar-refractivity contribution in [1.29, 1.82) is 0 Å². The number of piperidine rings is 1. The van der Waals surface area contributed by atoms with E-state index in [9.17, 15) is 9.59 Å². The Hall–Kier alpha value is -2.16. The SMILES string of the molecule is CC1CCCC(C)N1CC(=O)NCCC(=O)Nc1ccc(SSc2ccc(N)cc2)cc1. The maximum Gasteiger partial charge on any atom is 0.234 e. The number of benzene rings is 2. The highest BCUT2D eigenvalue weighted by atomic mass is 33.1. The Kier molecular flexibility index (Phi) is 9.32. The van der Waals surface area contributed by atoms with E-state index in [-0.39, 0.29) is 18.2 Å². The number of rotatable bonds is 9. The van der Waals surface area contributed by atoms with E-state index >= 15 is 0 Å². The lowest BCUT2D eigenvalue weighted by atomic mass is 9.97. The molecule has 1 aliphatic heterocycles. The normalized spacial score (nSPS) is 18.8. The molecular weight excluding hydrogens is 440 g/mol. The Bertz CT molecular complexity index is 880. The molecule has 2 aromatic rings. The third-order valence-corrected chi connectivity index (χ3v) is 8.05. The molecule has 8 heteroatoms. The predicted molar refractivity (Wildman–Crippen MR) is 135 cm³/mol. The molecule has 2 unspecified atom stereocenters. The van der Waals surface area contributed by atoms with Crippen LogP contribution in [0.25, 0.3) is 0 Å². The fraction of sp³-hybridized carbons (Fsp3) is 0.417. The van der Waals surface area contributed by atoms with E-state index in [1.165, 1.54) is 6.42 Å². The molecule has 6 nitrogen and oxygen atoms in total. The summed E-state index contributed by atoms with van der Waals surface area (Å²) >= 11 is 0. The van der Waals surface area contributed by atoms with E-state index in [1.807, 2.05) is 48.5 Å². The van der Waals surface area contributed by atoms with Crippen LogP contribution in [0.2, 0.25) is 0 Å². The van der Waals surface area contributed by atoms with E-state index in [0.717, 1.165) is 34.0 Å². The first kappa shape index (κ1) is 24.5. The van der Waals surface area contributed by atoms with Gasteiger partial charge in [-0.05, 0) is 75.2 Å². The van der Waals surface area contributed by atoms with E-state index < -0.39 is 0 Å². The number of hydrogen-bond acceptors (Lipinski definition) is 6. The van der Waals surface area contributed by atoms with Crippen molar-refractivity contribution in [3.8, 4) is 0 Å². The number of carbonyl (C=O) groups is 2. The van der Waals surface area contributed by atoms with Crippen LogP contribution >= 0.6 is 21.6 Å². The zero-order valence-electron chi connectivity index (χ0n) is 18.7. The van der Waals surface area contributed by atoms with Crippen LogP contribution in [0, 0.1) is 0 Å². The number of nitrogens with two attached hydrogens (primary N) is 1. The summed E-state index contributed by atoms with van der Waals surface area (Å²) in [6.45, 7) is 5.10. The largest absolute Gasteiger partial charge is 0.399 e. The number of hydrogen-bond donors (Lipinski definition) is 3. The molecule has 32 heavy (non-hydrogen) atoms. The van der Waals surface area contributed by atoms with E-state index in [2.05, 4.69) is 29.4 Å². The molecule has 0 spiro atoms. The summed E-state index contributed by atoms with van der Waals surface area (Å²) in [5, 5.41) is 5.77. The van der Waals surface area contributed by atoms with Gasteiger partial charge in [-0.2, -0.15) is 0 Å². The molecule has 4 N–H and O–H groups in total. The fourth-order valence-electron chi connectivity index (χ4n) is 3.76. The first-order chi connectivity index (χ1) is 15.4. The van der Waals surface area contributed by atoms with Crippen LogP contribution in [-0.2, 0) is 9.59 Å². The molecular formula is C24H32N4O2S2. The summed E-state index contributed by atoms with van der Waals surface area (Å²) in [4.78, 5) is 29.0. The van der Waals surface area contributed by atoms with Crippen LogP contribution in [0.4, 0.5) is 11.4 Å². The van der Waals surface area contributed by atoms with Crippen LogP contribution in [0.1, 0.15) is 39.5 Å². The Morgan fingerprint density at radius 2 is 1.50 bits per heavy atom. The van der Waals surface area contributed by atoms with Crippen LogP contribution in [0.5, 0.6) is 0 Å². The number of amides is 2. The van der Waals surface area contributed by atoms with Gasteiger partial charge < -0.3 is 16.4 Å². The van der Waals surface area contributed by atoms with Gasteiger partial charge in [-0.3, -0.25) is 14.5 Å². The summed E-state index contributed by atoms with van der Waals surface area (Å²) in [6, 6.07) is 16.4. The lowest BCUT2D eigenvalue weighted by Crippen LogP contribution is -2.48. The van der Waals surface area contributed by atoms with Gasteiger partial charge in [0, 0.05) is 46.2 Å². The van der Waals surface area contributed by atoms with Gasteiger partial charge in [-0.15, -0.1) is 0 Å². The number of nitrogens with zero attached hydrogens (tertiary/aromatic N) is 1. The monoisotopic (exact) mass is 472 g/mol. The predicted octanol–water partition coefficient (Wildman–Crippen LogP) is 4.78. The average molecular weight is 473 g/mol. The summed E-state index contributed by atoms with van der Waals surface area (Å²) in [5.74, 6) is -0.125. The second-order valence-electron chi connectivity index (χ2n) is 8.21. The van der Waals surface area contributed by atoms with Crippen molar-refractivity contribution in [2.24, 2.45) is 0 Å². The number of nitrogen functional groups attached to an aromatic ring is 1. The minimum Gasteiger partial charge on any atom is -0.399 e. The third-order valence-electron chi connectivity index (χ3n) is 5.63. The lowest BCUT2D eigenvalue weighted by molar-refractivity contribution is -0.124. The molecule has 0 radical (unpaired) electrons. The molecule has 1 heterocycles. The highest BCUT2D eigenvalue weighted by molar-refractivity contribution is 8.76. The topological polar surface area (TPSA) is 87.5 Å². The second-order valence-corrected chi connectivity index (χ2v) is 10.5. The molecule has 0 saturated carbocycles. The summed E-state index contributed by atoms with van der Waals surface area (Å²) < 4.78 is 0. The molecule has 172 valence electrons. The lowest BCUT2D eigenvalue weighted by Gasteiger charge is -2.38. The first-order valence-corrected chi connectivity index (χ1v) is 13.2. The fourth-order valence-corrected chi connectivity index (χ4v) is 5.69. The van der Waals surface area contributed by atoms with Gasteiger partial charge in [0.1, 0.15) is 0 Å². The van der Waals surface area contributed by atoms with E-state index in [4.69, 9.17) is 5.73 Å². The Morgan fingerprint density at radius 3 is 2.09 bits per heavy atom. The molecule has 1 fully saturated rings. The standard InChI is InChI=1S/C24H32N4O2S2/c1-17-4-3-5-18(2)28(17)16-24(30)26-15-14-23(29)27-20-8-12-22(13-9-20)32-31-21-10-6-19(25)7-11-21/h6-13,17-18H,3-5,14-16,25H2,1-2H3,(H,26,30)(H,27,29). The Balaban J connectivity index is 1.35. The van der Waals surface area contributed by atoms with Crippen molar-refractivity contribution in [3.05, 3.63) is 48.5 Å². The van der Waals surface area contributed by atoms with Crippen molar-refractivity contribution in [2.45, 2.75) is 61.4 Å².